The fraction of sp³-hybridized carbons (Fsp3) is 0.556. The van der Waals surface area contributed by atoms with Gasteiger partial charge >= 0.3 is 6.09 Å². The zero-order valence-electron chi connectivity index (χ0n) is 15.0. The van der Waals surface area contributed by atoms with E-state index in [-0.39, 0.29) is 12.0 Å². The monoisotopic (exact) mass is 459 g/mol. The maximum atomic E-state index is 12.2. The normalized spacial score (nSPS) is 15.8. The Hall–Kier alpha value is -1.35. The molecule has 1 fully saturated rings. The number of halogens is 1. The van der Waals surface area contributed by atoms with Crippen molar-refractivity contribution in [2.75, 3.05) is 39.3 Å². The summed E-state index contributed by atoms with van der Waals surface area (Å²) in [5.74, 6) is -0.0441. The van der Waals surface area contributed by atoms with E-state index in [0.717, 1.165) is 23.2 Å². The lowest BCUT2D eigenvalue weighted by Gasteiger charge is -2.35. The predicted molar refractivity (Wildman–Crippen MR) is 106 cm³/mol. The van der Waals surface area contributed by atoms with Gasteiger partial charge in [0.15, 0.2) is 0 Å². The number of benzene rings is 1. The van der Waals surface area contributed by atoms with Crippen molar-refractivity contribution in [3.8, 4) is 0 Å². The zero-order valence-corrected chi connectivity index (χ0v) is 17.2. The minimum atomic E-state index is -0.465. The lowest BCUT2D eigenvalue weighted by Crippen LogP contribution is -2.51. The number of carbonyl (C=O) groups is 2. The molecule has 0 aromatic heterocycles. The minimum Gasteiger partial charge on any atom is -0.444 e. The Morgan fingerprint density at radius 1 is 1.16 bits per heavy atom. The third kappa shape index (κ3) is 6.47. The van der Waals surface area contributed by atoms with Crippen molar-refractivity contribution in [3.63, 3.8) is 0 Å². The molecular formula is C18H26IN3O3. The van der Waals surface area contributed by atoms with Crippen LogP contribution in [0.5, 0.6) is 0 Å². The Morgan fingerprint density at radius 3 is 2.40 bits per heavy atom. The predicted octanol–water partition coefficient (Wildman–Crippen LogP) is 2.57. The molecule has 2 amide bonds. The van der Waals surface area contributed by atoms with E-state index in [4.69, 9.17) is 4.74 Å². The molecule has 1 heterocycles. The lowest BCUT2D eigenvalue weighted by molar-refractivity contribution is 0.0147. The molecule has 0 saturated carbocycles. The quantitative estimate of drug-likeness (QED) is 0.704. The Labute approximate surface area is 163 Å². The van der Waals surface area contributed by atoms with Gasteiger partial charge in [0.1, 0.15) is 5.60 Å². The lowest BCUT2D eigenvalue weighted by atomic mass is 10.2. The Balaban J connectivity index is 1.70. The second-order valence-electron chi connectivity index (χ2n) is 7.04. The number of piperazine rings is 1. The van der Waals surface area contributed by atoms with Gasteiger partial charge in [-0.3, -0.25) is 9.69 Å². The molecule has 138 valence electrons. The number of ether oxygens (including phenoxy) is 1. The highest BCUT2D eigenvalue weighted by molar-refractivity contribution is 14.1. The van der Waals surface area contributed by atoms with E-state index in [9.17, 15) is 9.59 Å². The number of rotatable bonds is 4. The summed E-state index contributed by atoms with van der Waals surface area (Å²) in [7, 11) is 0. The Bertz CT molecular complexity index is 608. The van der Waals surface area contributed by atoms with Crippen molar-refractivity contribution in [2.45, 2.75) is 26.4 Å². The molecule has 0 radical (unpaired) electrons. The molecule has 1 saturated heterocycles. The first-order chi connectivity index (χ1) is 11.8. The third-order valence-electron chi connectivity index (χ3n) is 3.86. The van der Waals surface area contributed by atoms with Crippen LogP contribution in [0.25, 0.3) is 0 Å². The first-order valence-corrected chi connectivity index (χ1v) is 9.57. The Kier molecular flexibility index (Phi) is 7.06. The fourth-order valence-corrected chi connectivity index (χ4v) is 3.18. The first kappa shape index (κ1) is 20.0. The molecule has 0 spiro atoms. The maximum Gasteiger partial charge on any atom is 0.410 e. The summed E-state index contributed by atoms with van der Waals surface area (Å²) in [5, 5.41) is 2.96. The molecule has 1 aromatic carbocycles. The van der Waals surface area contributed by atoms with E-state index in [2.05, 4.69) is 32.8 Å². The van der Waals surface area contributed by atoms with E-state index in [0.29, 0.717) is 25.2 Å². The smallest absolute Gasteiger partial charge is 0.410 e. The fourth-order valence-electron chi connectivity index (χ4n) is 2.55. The topological polar surface area (TPSA) is 61.9 Å². The highest BCUT2D eigenvalue weighted by Crippen LogP contribution is 2.12. The molecule has 2 rings (SSSR count). The van der Waals surface area contributed by atoms with Crippen LogP contribution in [0.15, 0.2) is 24.3 Å². The van der Waals surface area contributed by atoms with E-state index in [1.165, 1.54) is 0 Å². The Morgan fingerprint density at radius 2 is 1.80 bits per heavy atom. The van der Waals surface area contributed by atoms with Crippen LogP contribution in [0, 0.1) is 3.57 Å². The van der Waals surface area contributed by atoms with E-state index >= 15 is 0 Å². The van der Waals surface area contributed by atoms with Gasteiger partial charge < -0.3 is 15.0 Å². The van der Waals surface area contributed by atoms with Gasteiger partial charge in [0.25, 0.3) is 5.91 Å². The average Bonchev–Trinajstić information content (AvgIpc) is 2.54. The van der Waals surface area contributed by atoms with Crippen LogP contribution in [0.1, 0.15) is 31.1 Å². The maximum absolute atomic E-state index is 12.2. The SMILES string of the molecule is CC(C)(C)OC(=O)N1CCN(CCNC(=O)c2ccccc2I)CC1. The van der Waals surface area contributed by atoms with Crippen LogP contribution in [0.4, 0.5) is 4.79 Å². The van der Waals surface area contributed by atoms with Gasteiger partial charge in [-0.05, 0) is 55.5 Å². The molecule has 1 aliphatic rings. The number of hydrogen-bond acceptors (Lipinski definition) is 4. The van der Waals surface area contributed by atoms with Crippen LogP contribution in [-0.2, 0) is 4.74 Å². The first-order valence-electron chi connectivity index (χ1n) is 8.49. The highest BCUT2D eigenvalue weighted by Gasteiger charge is 2.25. The molecule has 0 bridgehead atoms. The number of amides is 2. The van der Waals surface area contributed by atoms with Crippen molar-refractivity contribution < 1.29 is 14.3 Å². The molecule has 6 nitrogen and oxygen atoms in total. The van der Waals surface area contributed by atoms with Crippen LogP contribution in [0.3, 0.4) is 0 Å². The number of hydrogen-bond donors (Lipinski definition) is 1. The average molecular weight is 459 g/mol. The molecule has 7 heteroatoms. The van der Waals surface area contributed by atoms with Crippen molar-refractivity contribution in [1.29, 1.82) is 0 Å². The van der Waals surface area contributed by atoms with Gasteiger partial charge in [-0.25, -0.2) is 4.79 Å². The van der Waals surface area contributed by atoms with E-state index in [1.54, 1.807) is 4.90 Å². The molecule has 25 heavy (non-hydrogen) atoms. The highest BCUT2D eigenvalue weighted by atomic mass is 127. The number of nitrogens with one attached hydrogen (secondary N) is 1. The molecule has 1 aromatic rings. The summed E-state index contributed by atoms with van der Waals surface area (Å²) in [6.45, 7) is 9.87. The van der Waals surface area contributed by atoms with Gasteiger partial charge in [-0.1, -0.05) is 12.1 Å². The van der Waals surface area contributed by atoms with Crippen molar-refractivity contribution in [3.05, 3.63) is 33.4 Å². The van der Waals surface area contributed by atoms with Crippen LogP contribution >= 0.6 is 22.6 Å². The largest absolute Gasteiger partial charge is 0.444 e. The van der Waals surface area contributed by atoms with Crippen LogP contribution in [-0.4, -0.2) is 66.7 Å². The van der Waals surface area contributed by atoms with Gasteiger partial charge in [0.05, 0.1) is 5.56 Å². The summed E-state index contributed by atoms with van der Waals surface area (Å²) in [5.41, 5.74) is 0.242. The van der Waals surface area contributed by atoms with E-state index in [1.807, 2.05) is 45.0 Å². The second kappa shape index (κ2) is 8.84. The summed E-state index contributed by atoms with van der Waals surface area (Å²) in [6, 6.07) is 7.54. The van der Waals surface area contributed by atoms with Gasteiger partial charge in [-0.2, -0.15) is 0 Å². The molecule has 0 aliphatic carbocycles. The third-order valence-corrected chi connectivity index (χ3v) is 4.80. The summed E-state index contributed by atoms with van der Waals surface area (Å²) < 4.78 is 6.34. The second-order valence-corrected chi connectivity index (χ2v) is 8.21. The summed E-state index contributed by atoms with van der Waals surface area (Å²) in [6.07, 6.45) is -0.251. The van der Waals surface area contributed by atoms with Crippen molar-refractivity contribution >= 4 is 34.6 Å². The summed E-state index contributed by atoms with van der Waals surface area (Å²) >= 11 is 2.17. The zero-order chi connectivity index (χ0) is 18.4. The molecule has 1 aliphatic heterocycles. The van der Waals surface area contributed by atoms with Crippen molar-refractivity contribution in [1.82, 2.24) is 15.1 Å². The molecule has 1 N–H and O–H groups in total. The van der Waals surface area contributed by atoms with E-state index < -0.39 is 5.60 Å². The van der Waals surface area contributed by atoms with Crippen LogP contribution in [0.2, 0.25) is 0 Å². The molecule has 0 atom stereocenters. The van der Waals surface area contributed by atoms with Crippen LogP contribution < -0.4 is 5.32 Å². The van der Waals surface area contributed by atoms with Crippen molar-refractivity contribution in [2.24, 2.45) is 0 Å². The minimum absolute atomic E-state index is 0.0441. The number of nitrogens with zero attached hydrogens (tertiary/aromatic N) is 2. The van der Waals surface area contributed by atoms with Gasteiger partial charge in [-0.15, -0.1) is 0 Å². The molecular weight excluding hydrogens is 433 g/mol. The summed E-state index contributed by atoms with van der Waals surface area (Å²) in [4.78, 5) is 28.2. The number of carbonyl (C=O) groups excluding carboxylic acids is 2. The van der Waals surface area contributed by atoms with Gasteiger partial charge in [0.2, 0.25) is 0 Å². The standard InChI is InChI=1S/C18H26IN3O3/c1-18(2,3)25-17(24)22-12-10-21(11-13-22)9-8-20-16(23)14-6-4-5-7-15(14)19/h4-7H,8-13H2,1-3H3,(H,20,23). The van der Waals surface area contributed by atoms with Gasteiger partial charge in [0, 0.05) is 42.8 Å². The molecule has 0 unspecified atom stereocenters.